The van der Waals surface area contributed by atoms with Gasteiger partial charge in [0, 0.05) is 15.3 Å². The van der Waals surface area contributed by atoms with Gasteiger partial charge in [0.05, 0.1) is 22.4 Å². The van der Waals surface area contributed by atoms with Gasteiger partial charge in [0.2, 0.25) is 0 Å². The van der Waals surface area contributed by atoms with Crippen molar-refractivity contribution in [1.29, 1.82) is 0 Å². The molecule has 1 aromatic rings. The molecular weight excluding hydrogens is 273 g/mol. The van der Waals surface area contributed by atoms with E-state index >= 15 is 0 Å². The van der Waals surface area contributed by atoms with Crippen molar-refractivity contribution in [3.63, 3.8) is 0 Å². The van der Waals surface area contributed by atoms with Gasteiger partial charge in [-0.2, -0.15) is 0 Å². The summed E-state index contributed by atoms with van der Waals surface area (Å²) in [6, 6.07) is 4.05. The number of rotatable bonds is 3. The summed E-state index contributed by atoms with van der Waals surface area (Å²) in [5, 5.41) is 0.334. The second-order valence-electron chi connectivity index (χ2n) is 4.98. The molecule has 0 amide bonds. The lowest BCUT2D eigenvalue weighted by Crippen LogP contribution is -2.22. The summed E-state index contributed by atoms with van der Waals surface area (Å²) in [6.45, 7) is 7.29. The molecular formula is C13H17ClFNOS. The van der Waals surface area contributed by atoms with E-state index in [9.17, 15) is 8.60 Å². The lowest BCUT2D eigenvalue weighted by Gasteiger charge is -2.15. The van der Waals surface area contributed by atoms with Gasteiger partial charge in [-0.05, 0) is 39.8 Å². The van der Waals surface area contributed by atoms with E-state index in [-0.39, 0.29) is 4.75 Å². The van der Waals surface area contributed by atoms with Gasteiger partial charge >= 0.3 is 0 Å². The van der Waals surface area contributed by atoms with Crippen molar-refractivity contribution in [2.75, 3.05) is 0 Å². The highest BCUT2D eigenvalue weighted by atomic mass is 35.5. The minimum atomic E-state index is -1.20. The average molecular weight is 290 g/mol. The van der Waals surface area contributed by atoms with Gasteiger partial charge in [0.1, 0.15) is 5.82 Å². The Bertz CT molecular complexity index is 462. The maximum Gasteiger partial charge on any atom is 0.130 e. The summed E-state index contributed by atoms with van der Waals surface area (Å²) in [5.41, 5.74) is 1.70. The normalized spacial score (nSPS) is 15.9. The molecule has 2 nitrogen and oxygen atoms in total. The van der Waals surface area contributed by atoms with E-state index in [2.05, 4.69) is 4.99 Å². The van der Waals surface area contributed by atoms with Crippen molar-refractivity contribution in [2.24, 2.45) is 4.99 Å². The van der Waals surface area contributed by atoms with Gasteiger partial charge in [-0.15, -0.1) is 0 Å². The van der Waals surface area contributed by atoms with Crippen molar-refractivity contribution in [1.82, 2.24) is 0 Å². The maximum atomic E-state index is 13.6. The third-order valence-corrected chi connectivity index (χ3v) is 4.25. The van der Waals surface area contributed by atoms with Crippen LogP contribution in [0.2, 0.25) is 5.02 Å². The summed E-state index contributed by atoms with van der Waals surface area (Å²) >= 11 is 5.94. The molecule has 18 heavy (non-hydrogen) atoms. The molecule has 0 bridgehead atoms. The Hall–Kier alpha value is -0.740. The molecule has 1 unspecified atom stereocenters. The van der Waals surface area contributed by atoms with Crippen LogP contribution in [0.1, 0.15) is 39.3 Å². The number of nitrogens with zero attached hydrogens (tertiary/aromatic N) is 1. The van der Waals surface area contributed by atoms with Crippen LogP contribution >= 0.6 is 11.6 Å². The van der Waals surface area contributed by atoms with Crippen LogP contribution < -0.4 is 0 Å². The summed E-state index contributed by atoms with van der Waals surface area (Å²) in [5.74, 6) is -0.395. The molecule has 100 valence electrons. The zero-order valence-electron chi connectivity index (χ0n) is 10.9. The summed E-state index contributed by atoms with van der Waals surface area (Å²) in [6.07, 6.45) is 0. The van der Waals surface area contributed by atoms with Crippen LogP contribution in [0, 0.1) is 5.82 Å². The van der Waals surface area contributed by atoms with Gasteiger partial charge in [0.15, 0.2) is 0 Å². The highest BCUT2D eigenvalue weighted by Crippen LogP contribution is 2.28. The minimum absolute atomic E-state index is 0.334. The Morgan fingerprint density at radius 3 is 2.56 bits per heavy atom. The molecule has 0 radical (unpaired) electrons. The predicted octanol–water partition coefficient (Wildman–Crippen LogP) is 4.12. The molecule has 1 aromatic carbocycles. The van der Waals surface area contributed by atoms with Crippen LogP contribution in [0.5, 0.6) is 0 Å². The van der Waals surface area contributed by atoms with E-state index in [0.717, 1.165) is 0 Å². The zero-order chi connectivity index (χ0) is 13.9. The van der Waals surface area contributed by atoms with Crippen LogP contribution in [0.25, 0.3) is 0 Å². The van der Waals surface area contributed by atoms with Crippen molar-refractivity contribution in [3.05, 3.63) is 34.6 Å². The smallest absolute Gasteiger partial charge is 0.130 e. The highest BCUT2D eigenvalue weighted by Gasteiger charge is 2.18. The molecule has 0 aliphatic rings. The van der Waals surface area contributed by atoms with E-state index in [1.165, 1.54) is 11.6 Å². The van der Waals surface area contributed by atoms with Gasteiger partial charge in [-0.3, -0.25) is 9.20 Å². The van der Waals surface area contributed by atoms with Crippen LogP contribution in [-0.4, -0.2) is 14.5 Å². The lowest BCUT2D eigenvalue weighted by molar-refractivity contribution is 0.595. The zero-order valence-corrected chi connectivity index (χ0v) is 12.5. The molecule has 1 rings (SSSR count). The fourth-order valence-corrected chi connectivity index (χ4v) is 2.22. The topological polar surface area (TPSA) is 29.4 Å². The van der Waals surface area contributed by atoms with Crippen LogP contribution in [0.3, 0.4) is 0 Å². The molecule has 0 fully saturated rings. The molecule has 5 heteroatoms. The molecule has 0 spiro atoms. The van der Waals surface area contributed by atoms with Gasteiger partial charge < -0.3 is 0 Å². The standard InChI is InChI=1S/C13H17ClFNOS/c1-9(16-8-18(17)13(2,3)4)12-10(14)6-5-7-11(12)15/h5-9H,1-4H3/t9-,18?/m0/s1. The first-order valence-electron chi connectivity index (χ1n) is 5.61. The fourth-order valence-electron chi connectivity index (χ4n) is 1.29. The van der Waals surface area contributed by atoms with Crippen LogP contribution in [-0.2, 0) is 10.8 Å². The predicted molar refractivity (Wildman–Crippen MR) is 76.2 cm³/mol. The average Bonchev–Trinajstić information content (AvgIpc) is 2.24. The Morgan fingerprint density at radius 1 is 1.44 bits per heavy atom. The monoisotopic (exact) mass is 289 g/mol. The van der Waals surface area contributed by atoms with Crippen LogP contribution in [0.4, 0.5) is 4.39 Å². The summed E-state index contributed by atoms with van der Waals surface area (Å²) in [7, 11) is -1.20. The van der Waals surface area contributed by atoms with Gasteiger partial charge in [-0.25, -0.2) is 4.39 Å². The van der Waals surface area contributed by atoms with Crippen molar-refractivity contribution in [2.45, 2.75) is 38.5 Å². The van der Waals surface area contributed by atoms with E-state index in [1.807, 2.05) is 20.8 Å². The minimum Gasteiger partial charge on any atom is -0.276 e. The number of hydrogen-bond donors (Lipinski definition) is 0. The highest BCUT2D eigenvalue weighted by molar-refractivity contribution is 7.99. The molecule has 0 N–H and O–H groups in total. The first-order chi connectivity index (χ1) is 8.23. The van der Waals surface area contributed by atoms with Crippen molar-refractivity contribution >= 4 is 27.9 Å². The first kappa shape index (κ1) is 15.3. The second kappa shape index (κ2) is 5.93. The molecule has 0 aromatic heterocycles. The molecule has 0 aliphatic carbocycles. The quantitative estimate of drug-likeness (QED) is 0.608. The summed E-state index contributed by atoms with van der Waals surface area (Å²) in [4.78, 5) is 4.13. The summed E-state index contributed by atoms with van der Waals surface area (Å²) < 4.78 is 25.1. The molecule has 0 saturated carbocycles. The molecule has 2 atom stereocenters. The Labute approximate surface area is 115 Å². The van der Waals surface area contributed by atoms with E-state index in [1.54, 1.807) is 19.1 Å². The largest absolute Gasteiger partial charge is 0.276 e. The Kier molecular flexibility index (Phi) is 5.05. The lowest BCUT2D eigenvalue weighted by atomic mass is 10.1. The Balaban J connectivity index is 2.93. The Morgan fingerprint density at radius 2 is 2.06 bits per heavy atom. The molecule has 0 aliphatic heterocycles. The van der Waals surface area contributed by atoms with E-state index < -0.39 is 22.7 Å². The number of halogens is 2. The van der Waals surface area contributed by atoms with Gasteiger partial charge in [0.25, 0.3) is 0 Å². The third-order valence-electron chi connectivity index (χ3n) is 2.40. The number of hydrogen-bond acceptors (Lipinski definition) is 2. The van der Waals surface area contributed by atoms with Crippen LogP contribution in [0.15, 0.2) is 23.2 Å². The molecule has 0 heterocycles. The van der Waals surface area contributed by atoms with E-state index in [4.69, 9.17) is 11.6 Å². The maximum absolute atomic E-state index is 13.6. The van der Waals surface area contributed by atoms with Gasteiger partial charge in [-0.1, -0.05) is 17.7 Å². The third kappa shape index (κ3) is 3.89. The fraction of sp³-hybridized carbons (Fsp3) is 0.462. The van der Waals surface area contributed by atoms with Crippen molar-refractivity contribution in [3.8, 4) is 0 Å². The van der Waals surface area contributed by atoms with Crippen molar-refractivity contribution < 1.29 is 8.60 Å². The number of aliphatic imine (C=N–C) groups is 1. The number of benzene rings is 1. The molecule has 0 saturated heterocycles. The second-order valence-corrected chi connectivity index (χ2v) is 7.41. The van der Waals surface area contributed by atoms with E-state index in [0.29, 0.717) is 10.6 Å². The SMILES string of the molecule is C[C@H](N=CS(=O)C(C)(C)C)c1c(F)cccc1Cl. The first-order valence-corrected chi connectivity index (χ1v) is 7.20.